The SMILES string of the molecule is Cc1ccc(S(=O)(=O)N(CC(=O)NN=C2CCCCCCC2)c2cccc(C)c2C)cc1. The molecule has 7 heteroatoms. The number of nitrogens with zero attached hydrogens (tertiary/aromatic N) is 2. The number of anilines is 1. The first-order chi connectivity index (χ1) is 15.3. The van der Waals surface area contributed by atoms with Crippen LogP contribution in [0.3, 0.4) is 0 Å². The van der Waals surface area contributed by atoms with Gasteiger partial charge >= 0.3 is 0 Å². The van der Waals surface area contributed by atoms with E-state index in [0.717, 1.165) is 48.1 Å². The molecule has 3 rings (SSSR count). The summed E-state index contributed by atoms with van der Waals surface area (Å²) in [6.07, 6.45) is 7.52. The van der Waals surface area contributed by atoms with Crippen LogP contribution in [0.4, 0.5) is 5.69 Å². The Kier molecular flexibility index (Phi) is 8.07. The van der Waals surface area contributed by atoms with Crippen LogP contribution in [-0.4, -0.2) is 26.6 Å². The Balaban J connectivity index is 1.88. The average molecular weight is 456 g/mol. The van der Waals surface area contributed by atoms with Crippen LogP contribution in [0.25, 0.3) is 0 Å². The Morgan fingerprint density at radius 1 is 0.938 bits per heavy atom. The summed E-state index contributed by atoms with van der Waals surface area (Å²) in [5.41, 5.74) is 6.84. The van der Waals surface area contributed by atoms with Crippen molar-refractivity contribution in [3.63, 3.8) is 0 Å². The third-order valence-electron chi connectivity index (χ3n) is 6.01. The summed E-state index contributed by atoms with van der Waals surface area (Å²) in [7, 11) is -3.94. The van der Waals surface area contributed by atoms with E-state index in [2.05, 4.69) is 10.5 Å². The molecule has 1 aliphatic carbocycles. The summed E-state index contributed by atoms with van der Waals surface area (Å²) in [5, 5.41) is 4.33. The van der Waals surface area contributed by atoms with Crippen LogP contribution in [0.15, 0.2) is 52.5 Å². The molecule has 6 nitrogen and oxygen atoms in total. The second-order valence-corrected chi connectivity index (χ2v) is 10.4. The zero-order valence-corrected chi connectivity index (χ0v) is 20.0. The highest BCUT2D eigenvalue weighted by Gasteiger charge is 2.28. The maximum Gasteiger partial charge on any atom is 0.264 e. The van der Waals surface area contributed by atoms with Gasteiger partial charge in [0.15, 0.2) is 0 Å². The number of carbonyl (C=O) groups is 1. The van der Waals surface area contributed by atoms with E-state index in [1.165, 1.54) is 23.6 Å². The minimum absolute atomic E-state index is 0.156. The zero-order chi connectivity index (χ0) is 23.1. The molecule has 172 valence electrons. The first-order valence-electron chi connectivity index (χ1n) is 11.3. The van der Waals surface area contributed by atoms with E-state index in [-0.39, 0.29) is 11.4 Å². The van der Waals surface area contributed by atoms with Gasteiger partial charge in [-0.1, -0.05) is 49.1 Å². The molecule has 0 aliphatic heterocycles. The van der Waals surface area contributed by atoms with Crippen LogP contribution >= 0.6 is 0 Å². The Morgan fingerprint density at radius 2 is 1.56 bits per heavy atom. The highest BCUT2D eigenvalue weighted by molar-refractivity contribution is 7.92. The molecule has 0 aromatic heterocycles. The van der Waals surface area contributed by atoms with Crippen molar-refractivity contribution in [1.29, 1.82) is 0 Å². The van der Waals surface area contributed by atoms with Crippen LogP contribution in [0.2, 0.25) is 0 Å². The predicted molar refractivity (Wildman–Crippen MR) is 130 cm³/mol. The Labute approximate surface area is 191 Å². The second kappa shape index (κ2) is 10.8. The van der Waals surface area contributed by atoms with Gasteiger partial charge in [0.1, 0.15) is 6.54 Å². The van der Waals surface area contributed by atoms with Crippen LogP contribution in [0, 0.1) is 20.8 Å². The lowest BCUT2D eigenvalue weighted by molar-refractivity contribution is -0.119. The number of sulfonamides is 1. The molecule has 0 radical (unpaired) electrons. The number of amides is 1. The third-order valence-corrected chi connectivity index (χ3v) is 7.78. The van der Waals surface area contributed by atoms with Gasteiger partial charge in [-0.2, -0.15) is 5.10 Å². The molecular weight excluding hydrogens is 422 g/mol. The number of nitrogens with one attached hydrogen (secondary N) is 1. The summed E-state index contributed by atoms with van der Waals surface area (Å²) in [6.45, 7) is 5.36. The first-order valence-corrected chi connectivity index (χ1v) is 12.7. The van der Waals surface area contributed by atoms with Crippen LogP contribution in [0.5, 0.6) is 0 Å². The monoisotopic (exact) mass is 455 g/mol. The summed E-state index contributed by atoms with van der Waals surface area (Å²) >= 11 is 0. The third kappa shape index (κ3) is 5.97. The largest absolute Gasteiger partial charge is 0.271 e. The van der Waals surface area contributed by atoms with Crippen molar-refractivity contribution >= 4 is 27.3 Å². The molecule has 32 heavy (non-hydrogen) atoms. The molecule has 0 heterocycles. The molecule has 0 bridgehead atoms. The maximum absolute atomic E-state index is 13.5. The van der Waals surface area contributed by atoms with E-state index in [1.54, 1.807) is 30.3 Å². The van der Waals surface area contributed by atoms with Crippen LogP contribution in [-0.2, 0) is 14.8 Å². The smallest absolute Gasteiger partial charge is 0.264 e. The fourth-order valence-corrected chi connectivity index (χ4v) is 5.35. The Hall–Kier alpha value is -2.67. The minimum atomic E-state index is -3.94. The van der Waals surface area contributed by atoms with Crippen molar-refractivity contribution in [3.05, 3.63) is 59.2 Å². The molecule has 0 spiro atoms. The summed E-state index contributed by atoms with van der Waals surface area (Å²) in [5.74, 6) is -0.448. The van der Waals surface area contributed by atoms with Crippen molar-refractivity contribution < 1.29 is 13.2 Å². The number of hydrazone groups is 1. The van der Waals surface area contributed by atoms with Gasteiger partial charge < -0.3 is 0 Å². The number of benzene rings is 2. The van der Waals surface area contributed by atoms with Gasteiger partial charge in [0.25, 0.3) is 15.9 Å². The molecule has 2 aromatic rings. The number of carbonyl (C=O) groups excluding carboxylic acids is 1. The summed E-state index contributed by atoms with van der Waals surface area (Å²) in [6, 6.07) is 12.1. The average Bonchev–Trinajstić information content (AvgIpc) is 2.74. The molecule has 2 aromatic carbocycles. The molecule has 1 N–H and O–H groups in total. The van der Waals surface area contributed by atoms with E-state index >= 15 is 0 Å². The normalized spacial score (nSPS) is 14.9. The van der Waals surface area contributed by atoms with Gasteiger partial charge in [-0.15, -0.1) is 0 Å². The Bertz CT molecular complexity index is 1070. The lowest BCUT2D eigenvalue weighted by atomic mass is 9.99. The first kappa shape index (κ1) is 24.0. The molecule has 1 aliphatic rings. The van der Waals surface area contributed by atoms with Crippen molar-refractivity contribution in [2.75, 3.05) is 10.8 Å². The maximum atomic E-state index is 13.5. The van der Waals surface area contributed by atoms with Crippen LogP contribution in [0.1, 0.15) is 61.6 Å². The van der Waals surface area contributed by atoms with E-state index in [0.29, 0.717) is 5.69 Å². The van der Waals surface area contributed by atoms with Crippen molar-refractivity contribution in [2.45, 2.75) is 70.6 Å². The van der Waals surface area contributed by atoms with E-state index in [1.807, 2.05) is 32.9 Å². The standard InChI is InChI=1S/C25H33N3O3S/c1-19-14-16-23(17-15-19)32(30,31)28(24-13-9-10-20(2)21(24)3)18-25(29)27-26-22-11-7-5-4-6-8-12-22/h9-10,13-17H,4-8,11-12,18H2,1-3H3,(H,27,29). The van der Waals surface area contributed by atoms with Crippen molar-refractivity contribution in [3.8, 4) is 0 Å². The van der Waals surface area contributed by atoms with E-state index in [9.17, 15) is 13.2 Å². The Morgan fingerprint density at radius 3 is 2.22 bits per heavy atom. The molecule has 0 unspecified atom stereocenters. The molecule has 0 atom stereocenters. The fourth-order valence-electron chi connectivity index (χ4n) is 3.88. The molecule has 1 saturated carbocycles. The number of rotatable bonds is 6. The fraction of sp³-hybridized carbons (Fsp3) is 0.440. The highest BCUT2D eigenvalue weighted by atomic mass is 32.2. The van der Waals surface area contributed by atoms with Gasteiger partial charge in [-0.3, -0.25) is 9.10 Å². The molecular formula is C25H33N3O3S. The quantitative estimate of drug-likeness (QED) is 0.621. The second-order valence-electron chi connectivity index (χ2n) is 8.52. The molecule has 1 amide bonds. The minimum Gasteiger partial charge on any atom is -0.271 e. The summed E-state index contributed by atoms with van der Waals surface area (Å²) < 4.78 is 28.3. The van der Waals surface area contributed by atoms with Crippen LogP contribution < -0.4 is 9.73 Å². The van der Waals surface area contributed by atoms with Crippen molar-refractivity contribution in [2.24, 2.45) is 5.10 Å². The number of hydrogen-bond donors (Lipinski definition) is 1. The van der Waals surface area contributed by atoms with Gasteiger partial charge in [0.2, 0.25) is 0 Å². The van der Waals surface area contributed by atoms with Gasteiger partial charge in [0, 0.05) is 5.71 Å². The molecule has 0 saturated heterocycles. The summed E-state index contributed by atoms with van der Waals surface area (Å²) in [4.78, 5) is 13.0. The lowest BCUT2D eigenvalue weighted by Crippen LogP contribution is -2.40. The van der Waals surface area contributed by atoms with Gasteiger partial charge in [-0.25, -0.2) is 13.8 Å². The predicted octanol–water partition coefficient (Wildman–Crippen LogP) is 5.02. The topological polar surface area (TPSA) is 78.8 Å². The van der Waals surface area contributed by atoms with E-state index < -0.39 is 15.9 Å². The van der Waals surface area contributed by atoms with Gasteiger partial charge in [-0.05, 0) is 75.8 Å². The van der Waals surface area contributed by atoms with Crippen molar-refractivity contribution in [1.82, 2.24) is 5.43 Å². The number of aryl methyl sites for hydroxylation is 2. The zero-order valence-electron chi connectivity index (χ0n) is 19.2. The molecule has 1 fully saturated rings. The van der Waals surface area contributed by atoms with Gasteiger partial charge in [0.05, 0.1) is 10.6 Å². The highest BCUT2D eigenvalue weighted by Crippen LogP contribution is 2.28. The number of hydrogen-bond acceptors (Lipinski definition) is 4. The lowest BCUT2D eigenvalue weighted by Gasteiger charge is -2.26. The van der Waals surface area contributed by atoms with E-state index in [4.69, 9.17) is 0 Å².